The van der Waals surface area contributed by atoms with Crippen molar-refractivity contribution in [1.82, 2.24) is 0 Å². The Kier molecular flexibility index (Phi) is 7.09. The summed E-state index contributed by atoms with van der Waals surface area (Å²) < 4.78 is 16.4. The number of hydrogen-bond donors (Lipinski definition) is 1. The van der Waals surface area contributed by atoms with Crippen LogP contribution in [0.2, 0.25) is 0 Å². The maximum absolute atomic E-state index is 12.4. The number of carbonyl (C=O) groups excluding carboxylic acids is 1. The van der Waals surface area contributed by atoms with Crippen molar-refractivity contribution in [3.05, 3.63) is 53.6 Å². The van der Waals surface area contributed by atoms with Crippen LogP contribution in [0.5, 0.6) is 17.2 Å². The van der Waals surface area contributed by atoms with Crippen molar-refractivity contribution in [1.29, 1.82) is 0 Å². The molecule has 0 aromatic heterocycles. The van der Waals surface area contributed by atoms with Crippen molar-refractivity contribution in [2.45, 2.75) is 20.8 Å². The number of rotatable bonds is 8. The molecule has 2 rings (SSSR count). The second-order valence-corrected chi connectivity index (χ2v) is 5.59. The molecule has 0 aliphatic heterocycles. The maximum Gasteiger partial charge on any atom is 0.248 e. The highest BCUT2D eigenvalue weighted by molar-refractivity contribution is 6.03. The average molecular weight is 355 g/mol. The second kappa shape index (κ2) is 9.51. The molecule has 26 heavy (non-hydrogen) atoms. The first-order valence-corrected chi connectivity index (χ1v) is 8.60. The number of benzene rings is 2. The molecule has 0 unspecified atom stereocenters. The number of amides is 1. The normalized spacial score (nSPS) is 10.6. The molecule has 1 amide bonds. The highest BCUT2D eigenvalue weighted by Gasteiger charge is 2.09. The molecule has 0 spiro atoms. The Labute approximate surface area is 154 Å². The first kappa shape index (κ1) is 19.4. The van der Waals surface area contributed by atoms with Gasteiger partial charge < -0.3 is 19.5 Å². The van der Waals surface area contributed by atoms with Crippen molar-refractivity contribution < 1.29 is 19.0 Å². The lowest BCUT2D eigenvalue weighted by atomic mass is 10.1. The molecule has 138 valence electrons. The molecule has 0 fully saturated rings. The fraction of sp³-hybridized carbons (Fsp3) is 0.286. The van der Waals surface area contributed by atoms with Gasteiger partial charge in [0.1, 0.15) is 17.2 Å². The van der Waals surface area contributed by atoms with Gasteiger partial charge in [-0.25, -0.2) is 0 Å². The zero-order valence-corrected chi connectivity index (χ0v) is 15.7. The van der Waals surface area contributed by atoms with Crippen LogP contribution >= 0.6 is 0 Å². The van der Waals surface area contributed by atoms with Gasteiger partial charge >= 0.3 is 0 Å². The van der Waals surface area contributed by atoms with Gasteiger partial charge in [0.2, 0.25) is 5.91 Å². The molecule has 0 bridgehead atoms. The largest absolute Gasteiger partial charge is 0.496 e. The predicted octanol–water partition coefficient (Wildman–Crippen LogP) is 4.45. The standard InChI is InChI=1S/C21H25NO4/c1-5-25-17-9-11-20(26-6-2)18(14-17)22-21(23)12-8-16-13-15(3)7-10-19(16)24-4/h7-14H,5-6H2,1-4H3,(H,22,23)/b12-8+. The number of ether oxygens (including phenoxy) is 3. The summed E-state index contributed by atoms with van der Waals surface area (Å²) in [5.74, 6) is 1.73. The number of aryl methyl sites for hydroxylation is 1. The third kappa shape index (κ3) is 5.28. The van der Waals surface area contributed by atoms with Crippen molar-refractivity contribution in [3.63, 3.8) is 0 Å². The van der Waals surface area contributed by atoms with E-state index in [9.17, 15) is 4.79 Å². The fourth-order valence-electron chi connectivity index (χ4n) is 2.47. The van der Waals surface area contributed by atoms with Crippen LogP contribution in [0.15, 0.2) is 42.5 Å². The number of hydrogen-bond acceptors (Lipinski definition) is 4. The van der Waals surface area contributed by atoms with Crippen LogP contribution in [-0.2, 0) is 4.79 Å². The molecule has 0 aliphatic rings. The van der Waals surface area contributed by atoms with E-state index in [0.717, 1.165) is 11.1 Å². The van der Waals surface area contributed by atoms with E-state index < -0.39 is 0 Å². The minimum atomic E-state index is -0.261. The van der Waals surface area contributed by atoms with E-state index in [2.05, 4.69) is 5.32 Å². The summed E-state index contributed by atoms with van der Waals surface area (Å²) in [6, 6.07) is 11.2. The Balaban J connectivity index is 2.18. The molecule has 2 aromatic rings. The lowest BCUT2D eigenvalue weighted by Crippen LogP contribution is -2.10. The Hall–Kier alpha value is -2.95. The molecular formula is C21H25NO4. The van der Waals surface area contributed by atoms with E-state index in [1.807, 2.05) is 45.0 Å². The highest BCUT2D eigenvalue weighted by Crippen LogP contribution is 2.29. The first-order valence-electron chi connectivity index (χ1n) is 8.60. The molecule has 5 heteroatoms. The predicted molar refractivity (Wildman–Crippen MR) is 104 cm³/mol. The molecular weight excluding hydrogens is 330 g/mol. The van der Waals surface area contributed by atoms with Crippen molar-refractivity contribution in [3.8, 4) is 17.2 Å². The lowest BCUT2D eigenvalue weighted by Gasteiger charge is -2.12. The quantitative estimate of drug-likeness (QED) is 0.711. The Morgan fingerprint density at radius 2 is 1.77 bits per heavy atom. The minimum absolute atomic E-state index is 0.261. The Morgan fingerprint density at radius 1 is 1.04 bits per heavy atom. The molecule has 0 aliphatic carbocycles. The third-order valence-corrected chi connectivity index (χ3v) is 3.62. The minimum Gasteiger partial charge on any atom is -0.496 e. The number of anilines is 1. The van der Waals surface area contributed by atoms with Crippen molar-refractivity contribution in [2.75, 3.05) is 25.6 Å². The van der Waals surface area contributed by atoms with Gasteiger partial charge in [-0.3, -0.25) is 4.79 Å². The molecule has 0 atom stereocenters. The molecule has 0 saturated heterocycles. The monoisotopic (exact) mass is 355 g/mol. The number of methoxy groups -OCH3 is 1. The van der Waals surface area contributed by atoms with E-state index in [0.29, 0.717) is 36.1 Å². The Morgan fingerprint density at radius 3 is 2.46 bits per heavy atom. The fourth-order valence-corrected chi connectivity index (χ4v) is 2.47. The van der Waals surface area contributed by atoms with Crippen molar-refractivity contribution >= 4 is 17.7 Å². The Bertz CT molecular complexity index is 784. The number of nitrogens with one attached hydrogen (secondary N) is 1. The van der Waals surface area contributed by atoms with Gasteiger partial charge in [-0.05, 0) is 51.1 Å². The van der Waals surface area contributed by atoms with Crippen LogP contribution in [0.25, 0.3) is 6.08 Å². The summed E-state index contributed by atoms with van der Waals surface area (Å²) in [4.78, 5) is 12.4. The van der Waals surface area contributed by atoms with Crippen molar-refractivity contribution in [2.24, 2.45) is 0 Å². The SMILES string of the molecule is CCOc1ccc(OCC)c(NC(=O)/C=C/c2cc(C)ccc2OC)c1. The van der Waals surface area contributed by atoms with Crippen LogP contribution in [0, 0.1) is 6.92 Å². The summed E-state index contributed by atoms with van der Waals surface area (Å²) in [5.41, 5.74) is 2.51. The molecule has 0 radical (unpaired) electrons. The van der Waals surface area contributed by atoms with Crippen LogP contribution in [-0.4, -0.2) is 26.2 Å². The lowest BCUT2D eigenvalue weighted by molar-refractivity contribution is -0.111. The summed E-state index contributed by atoms with van der Waals surface area (Å²) in [6.45, 7) is 6.85. The van der Waals surface area contributed by atoms with Gasteiger partial charge in [0.05, 0.1) is 26.0 Å². The average Bonchev–Trinajstić information content (AvgIpc) is 2.62. The second-order valence-electron chi connectivity index (χ2n) is 5.59. The van der Waals surface area contributed by atoms with Crippen LogP contribution in [0.3, 0.4) is 0 Å². The molecule has 0 saturated carbocycles. The summed E-state index contributed by atoms with van der Waals surface area (Å²) in [5, 5.41) is 2.84. The zero-order valence-electron chi connectivity index (χ0n) is 15.7. The zero-order chi connectivity index (χ0) is 18.9. The van der Waals surface area contributed by atoms with E-state index >= 15 is 0 Å². The summed E-state index contributed by atoms with van der Waals surface area (Å²) >= 11 is 0. The maximum atomic E-state index is 12.4. The number of carbonyl (C=O) groups is 1. The first-order chi connectivity index (χ1) is 12.6. The molecule has 5 nitrogen and oxygen atoms in total. The topological polar surface area (TPSA) is 56.8 Å². The van der Waals surface area contributed by atoms with E-state index in [1.165, 1.54) is 6.08 Å². The van der Waals surface area contributed by atoms with Gasteiger partial charge in [0.25, 0.3) is 0 Å². The van der Waals surface area contributed by atoms with Crippen LogP contribution < -0.4 is 19.5 Å². The van der Waals surface area contributed by atoms with E-state index in [1.54, 1.807) is 25.3 Å². The molecule has 0 heterocycles. The summed E-state index contributed by atoms with van der Waals surface area (Å²) in [6.07, 6.45) is 3.20. The smallest absolute Gasteiger partial charge is 0.248 e. The third-order valence-electron chi connectivity index (χ3n) is 3.62. The van der Waals surface area contributed by atoms with Crippen LogP contribution in [0.1, 0.15) is 25.0 Å². The van der Waals surface area contributed by atoms with Gasteiger partial charge in [-0.1, -0.05) is 11.6 Å². The summed E-state index contributed by atoms with van der Waals surface area (Å²) in [7, 11) is 1.61. The highest BCUT2D eigenvalue weighted by atomic mass is 16.5. The van der Waals surface area contributed by atoms with Crippen LogP contribution in [0.4, 0.5) is 5.69 Å². The van der Waals surface area contributed by atoms with E-state index in [4.69, 9.17) is 14.2 Å². The molecule has 1 N–H and O–H groups in total. The van der Waals surface area contributed by atoms with E-state index in [-0.39, 0.29) is 5.91 Å². The van der Waals surface area contributed by atoms with Gasteiger partial charge in [-0.15, -0.1) is 0 Å². The van der Waals surface area contributed by atoms with Gasteiger partial charge in [-0.2, -0.15) is 0 Å². The van der Waals surface area contributed by atoms with Gasteiger partial charge in [0.15, 0.2) is 0 Å². The molecule has 2 aromatic carbocycles. The van der Waals surface area contributed by atoms with Gasteiger partial charge in [0, 0.05) is 17.7 Å².